The molecular formula is C6H8N4O. The van der Waals surface area contributed by atoms with E-state index in [0.29, 0.717) is 5.56 Å². The fraction of sp³-hybridized carbons (Fsp3) is 0. The van der Waals surface area contributed by atoms with Gasteiger partial charge in [-0.1, -0.05) is 6.58 Å². The minimum Gasteiger partial charge on any atom is -0.383 e. The number of nitrogen functional groups attached to an aromatic ring is 1. The quantitative estimate of drug-likeness (QED) is 0.551. The first-order chi connectivity index (χ1) is 5.25. The maximum atomic E-state index is 11.0. The number of hydrogen-bond donors (Lipinski definition) is 3. The third kappa shape index (κ3) is 1.37. The maximum absolute atomic E-state index is 11.0. The molecule has 0 fully saturated rings. The second kappa shape index (κ2) is 2.87. The topological polar surface area (TPSA) is 83.8 Å². The SMILES string of the molecule is C=CNC(=O)c1cn[nH]c1N. The highest BCUT2D eigenvalue weighted by atomic mass is 16.1. The van der Waals surface area contributed by atoms with E-state index < -0.39 is 0 Å². The summed E-state index contributed by atoms with van der Waals surface area (Å²) in [6.07, 6.45) is 2.64. The molecule has 1 aromatic heterocycles. The van der Waals surface area contributed by atoms with E-state index in [9.17, 15) is 4.79 Å². The molecule has 4 N–H and O–H groups in total. The van der Waals surface area contributed by atoms with E-state index in [1.54, 1.807) is 0 Å². The Labute approximate surface area is 63.3 Å². The van der Waals surface area contributed by atoms with Crippen molar-refractivity contribution in [1.29, 1.82) is 0 Å². The number of H-pyrrole nitrogens is 1. The molecule has 0 aromatic carbocycles. The smallest absolute Gasteiger partial charge is 0.260 e. The van der Waals surface area contributed by atoms with Crippen LogP contribution in [0.15, 0.2) is 19.0 Å². The third-order valence-electron chi connectivity index (χ3n) is 1.15. The van der Waals surface area contributed by atoms with Crippen molar-refractivity contribution >= 4 is 11.7 Å². The molecule has 0 aliphatic carbocycles. The minimum atomic E-state index is -0.314. The second-order valence-corrected chi connectivity index (χ2v) is 1.87. The molecule has 11 heavy (non-hydrogen) atoms. The summed E-state index contributed by atoms with van der Waals surface area (Å²) < 4.78 is 0. The van der Waals surface area contributed by atoms with Crippen molar-refractivity contribution < 1.29 is 4.79 Å². The van der Waals surface area contributed by atoms with Crippen LogP contribution in [0.4, 0.5) is 5.82 Å². The molecule has 5 heteroatoms. The van der Waals surface area contributed by atoms with Crippen LogP contribution in [0.2, 0.25) is 0 Å². The van der Waals surface area contributed by atoms with Gasteiger partial charge in [0.2, 0.25) is 0 Å². The van der Waals surface area contributed by atoms with E-state index >= 15 is 0 Å². The molecule has 58 valence electrons. The number of rotatable bonds is 2. The third-order valence-corrected chi connectivity index (χ3v) is 1.15. The van der Waals surface area contributed by atoms with Crippen molar-refractivity contribution in [1.82, 2.24) is 15.5 Å². The molecule has 1 rings (SSSR count). The van der Waals surface area contributed by atoms with Crippen LogP contribution in [-0.4, -0.2) is 16.1 Å². The normalized spacial score (nSPS) is 9.09. The van der Waals surface area contributed by atoms with Crippen LogP contribution in [0.1, 0.15) is 10.4 Å². The number of hydrogen-bond acceptors (Lipinski definition) is 3. The number of carbonyl (C=O) groups is 1. The van der Waals surface area contributed by atoms with Gasteiger partial charge < -0.3 is 11.1 Å². The maximum Gasteiger partial charge on any atom is 0.260 e. The lowest BCUT2D eigenvalue weighted by Crippen LogP contribution is -2.17. The van der Waals surface area contributed by atoms with E-state index in [-0.39, 0.29) is 11.7 Å². The molecule has 1 amide bonds. The van der Waals surface area contributed by atoms with E-state index in [1.807, 2.05) is 0 Å². The second-order valence-electron chi connectivity index (χ2n) is 1.87. The molecule has 0 radical (unpaired) electrons. The van der Waals surface area contributed by atoms with E-state index in [1.165, 1.54) is 12.4 Å². The van der Waals surface area contributed by atoms with Crippen LogP contribution in [0, 0.1) is 0 Å². The Kier molecular flexibility index (Phi) is 1.91. The van der Waals surface area contributed by atoms with Gasteiger partial charge in [0.05, 0.1) is 6.20 Å². The Morgan fingerprint density at radius 1 is 1.91 bits per heavy atom. The summed E-state index contributed by atoms with van der Waals surface area (Å²) in [6.45, 7) is 3.34. The highest BCUT2D eigenvalue weighted by molar-refractivity contribution is 5.98. The highest BCUT2D eigenvalue weighted by Gasteiger charge is 2.08. The summed E-state index contributed by atoms with van der Waals surface area (Å²) in [5, 5.41) is 8.39. The van der Waals surface area contributed by atoms with Crippen LogP contribution in [0.5, 0.6) is 0 Å². The zero-order chi connectivity index (χ0) is 8.27. The Bertz CT molecular complexity index is 278. The molecule has 0 aliphatic rings. The number of nitrogens with zero attached hydrogens (tertiary/aromatic N) is 1. The van der Waals surface area contributed by atoms with Gasteiger partial charge in [-0.05, 0) is 6.20 Å². The fourth-order valence-corrected chi connectivity index (χ4v) is 0.648. The average molecular weight is 152 g/mol. The van der Waals surface area contributed by atoms with Gasteiger partial charge in [0.1, 0.15) is 11.4 Å². The molecule has 5 nitrogen and oxygen atoms in total. The van der Waals surface area contributed by atoms with Crippen molar-refractivity contribution in [3.05, 3.63) is 24.5 Å². The molecule has 0 bridgehead atoms. The van der Waals surface area contributed by atoms with Gasteiger partial charge >= 0.3 is 0 Å². The summed E-state index contributed by atoms with van der Waals surface area (Å²) in [4.78, 5) is 11.0. The molecule has 0 unspecified atom stereocenters. The van der Waals surface area contributed by atoms with E-state index in [4.69, 9.17) is 5.73 Å². The first-order valence-electron chi connectivity index (χ1n) is 2.96. The fourth-order valence-electron chi connectivity index (χ4n) is 0.648. The highest BCUT2D eigenvalue weighted by Crippen LogP contribution is 2.04. The Hall–Kier alpha value is -1.78. The molecule has 1 heterocycles. The number of amides is 1. The van der Waals surface area contributed by atoms with E-state index in [0.717, 1.165) is 0 Å². The number of aromatic amines is 1. The predicted octanol–water partition coefficient (Wildman–Crippen LogP) is -0.135. The molecule has 0 saturated heterocycles. The number of carbonyl (C=O) groups excluding carboxylic acids is 1. The summed E-state index contributed by atoms with van der Waals surface area (Å²) in [6, 6.07) is 0. The molecule has 1 aromatic rings. The molecule has 0 aliphatic heterocycles. The van der Waals surface area contributed by atoms with Gasteiger partial charge in [-0.3, -0.25) is 9.89 Å². The largest absolute Gasteiger partial charge is 0.383 e. The molecule has 0 atom stereocenters. The van der Waals surface area contributed by atoms with Crippen molar-refractivity contribution in [3.63, 3.8) is 0 Å². The number of nitrogens with one attached hydrogen (secondary N) is 2. The standard InChI is InChI=1S/C6H8N4O/c1-2-8-6(11)4-3-9-10-5(4)7/h2-3H,1H2,(H,8,11)(H3,7,9,10). The van der Waals surface area contributed by atoms with Gasteiger partial charge in [0.25, 0.3) is 5.91 Å². The van der Waals surface area contributed by atoms with E-state index in [2.05, 4.69) is 22.1 Å². The van der Waals surface area contributed by atoms with Crippen molar-refractivity contribution in [2.75, 3.05) is 5.73 Å². The van der Waals surface area contributed by atoms with Crippen molar-refractivity contribution in [2.24, 2.45) is 0 Å². The van der Waals surface area contributed by atoms with Gasteiger partial charge in [0, 0.05) is 0 Å². The van der Waals surface area contributed by atoms with Crippen LogP contribution in [-0.2, 0) is 0 Å². The van der Waals surface area contributed by atoms with Gasteiger partial charge in [-0.25, -0.2) is 0 Å². The van der Waals surface area contributed by atoms with Crippen LogP contribution in [0.25, 0.3) is 0 Å². The zero-order valence-electron chi connectivity index (χ0n) is 5.79. The lowest BCUT2D eigenvalue weighted by molar-refractivity contribution is 0.0971. The van der Waals surface area contributed by atoms with Crippen molar-refractivity contribution in [2.45, 2.75) is 0 Å². The summed E-state index contributed by atoms with van der Waals surface area (Å²) in [7, 11) is 0. The number of nitrogens with two attached hydrogens (primary N) is 1. The van der Waals surface area contributed by atoms with Gasteiger partial charge in [-0.15, -0.1) is 0 Å². The van der Waals surface area contributed by atoms with Crippen LogP contribution in [0.3, 0.4) is 0 Å². The van der Waals surface area contributed by atoms with Crippen LogP contribution >= 0.6 is 0 Å². The Morgan fingerprint density at radius 2 is 2.64 bits per heavy atom. The summed E-state index contributed by atoms with van der Waals surface area (Å²) >= 11 is 0. The zero-order valence-corrected chi connectivity index (χ0v) is 5.79. The first kappa shape index (κ1) is 7.33. The van der Waals surface area contributed by atoms with Crippen molar-refractivity contribution in [3.8, 4) is 0 Å². The summed E-state index contributed by atoms with van der Waals surface area (Å²) in [5.41, 5.74) is 5.68. The molecule has 0 spiro atoms. The summed E-state index contributed by atoms with van der Waals surface area (Å²) in [5.74, 6) is -0.0596. The monoisotopic (exact) mass is 152 g/mol. The predicted molar refractivity (Wildman–Crippen MR) is 40.7 cm³/mol. The van der Waals surface area contributed by atoms with Gasteiger partial charge in [0.15, 0.2) is 0 Å². The van der Waals surface area contributed by atoms with Crippen LogP contribution < -0.4 is 11.1 Å². The minimum absolute atomic E-state index is 0.254. The number of aromatic nitrogens is 2. The lowest BCUT2D eigenvalue weighted by Gasteiger charge is -1.95. The Balaban J connectivity index is 2.83. The lowest BCUT2D eigenvalue weighted by atomic mass is 10.3. The first-order valence-corrected chi connectivity index (χ1v) is 2.96. The molecular weight excluding hydrogens is 144 g/mol. The number of anilines is 1. The molecule has 0 saturated carbocycles. The Morgan fingerprint density at radius 3 is 3.09 bits per heavy atom. The van der Waals surface area contributed by atoms with Gasteiger partial charge in [-0.2, -0.15) is 5.10 Å². The average Bonchev–Trinajstić information content (AvgIpc) is 2.36.